The van der Waals surface area contributed by atoms with Crippen molar-refractivity contribution in [2.24, 2.45) is 0 Å². The predicted molar refractivity (Wildman–Crippen MR) is 106 cm³/mol. The molecule has 8 heteroatoms. The standard InChI is InChI=1S/C18H13Cl2N3O2S/c19-11-4-6-13-15(9-11)26-18(21-13)22-17(25)10-3-5-12(20)14(8-10)23-7-1-2-16(23)24/h3-6,8-9H,1-2,7H2,(H,21,22,25). The Morgan fingerprint density at radius 1 is 1.19 bits per heavy atom. The minimum atomic E-state index is -0.306. The molecule has 2 heterocycles. The molecule has 0 saturated carbocycles. The fraction of sp³-hybridized carbons (Fsp3) is 0.167. The van der Waals surface area contributed by atoms with Gasteiger partial charge >= 0.3 is 0 Å². The number of nitrogens with zero attached hydrogens (tertiary/aromatic N) is 2. The van der Waals surface area contributed by atoms with E-state index in [-0.39, 0.29) is 11.8 Å². The largest absolute Gasteiger partial charge is 0.311 e. The normalized spacial score (nSPS) is 14.2. The van der Waals surface area contributed by atoms with E-state index in [1.807, 2.05) is 12.1 Å². The summed E-state index contributed by atoms with van der Waals surface area (Å²) in [6.45, 7) is 0.613. The number of halogens is 2. The number of anilines is 2. The Labute approximate surface area is 163 Å². The number of aromatic nitrogens is 1. The number of hydrogen-bond acceptors (Lipinski definition) is 4. The SMILES string of the molecule is O=C(Nc1nc2ccc(Cl)cc2s1)c1ccc(Cl)c(N2CCCC2=O)c1. The van der Waals surface area contributed by atoms with Crippen LogP contribution in [0.15, 0.2) is 36.4 Å². The highest BCUT2D eigenvalue weighted by Crippen LogP contribution is 2.32. The number of hydrogen-bond donors (Lipinski definition) is 1. The van der Waals surface area contributed by atoms with E-state index < -0.39 is 0 Å². The molecule has 1 aromatic heterocycles. The molecule has 1 saturated heterocycles. The van der Waals surface area contributed by atoms with Crippen LogP contribution in [0, 0.1) is 0 Å². The van der Waals surface area contributed by atoms with Crippen molar-refractivity contribution in [1.29, 1.82) is 0 Å². The van der Waals surface area contributed by atoms with Crippen LogP contribution in [0.25, 0.3) is 10.2 Å². The second kappa shape index (κ2) is 6.87. The summed E-state index contributed by atoms with van der Waals surface area (Å²) in [5.74, 6) is -0.285. The van der Waals surface area contributed by atoms with Crippen LogP contribution in [0.2, 0.25) is 10.0 Å². The highest BCUT2D eigenvalue weighted by molar-refractivity contribution is 7.22. The Morgan fingerprint density at radius 2 is 2.04 bits per heavy atom. The van der Waals surface area contributed by atoms with Crippen LogP contribution in [0.5, 0.6) is 0 Å². The van der Waals surface area contributed by atoms with E-state index >= 15 is 0 Å². The molecule has 0 atom stereocenters. The van der Waals surface area contributed by atoms with Crippen LogP contribution >= 0.6 is 34.5 Å². The van der Waals surface area contributed by atoms with Gasteiger partial charge in [-0.3, -0.25) is 14.9 Å². The molecule has 1 fully saturated rings. The first kappa shape index (κ1) is 17.3. The first-order valence-electron chi connectivity index (χ1n) is 7.98. The summed E-state index contributed by atoms with van der Waals surface area (Å²) < 4.78 is 0.896. The van der Waals surface area contributed by atoms with Crippen LogP contribution in [0.1, 0.15) is 23.2 Å². The van der Waals surface area contributed by atoms with Gasteiger partial charge in [0, 0.05) is 23.6 Å². The summed E-state index contributed by atoms with van der Waals surface area (Å²) in [5, 5.41) is 4.35. The second-order valence-corrected chi connectivity index (χ2v) is 7.77. The summed E-state index contributed by atoms with van der Waals surface area (Å²) in [5.41, 5.74) is 1.76. The maximum atomic E-state index is 12.6. The molecular formula is C18H13Cl2N3O2S. The number of benzene rings is 2. The van der Waals surface area contributed by atoms with E-state index in [1.165, 1.54) is 11.3 Å². The van der Waals surface area contributed by atoms with E-state index in [0.29, 0.717) is 39.4 Å². The molecule has 0 spiro atoms. The highest BCUT2D eigenvalue weighted by Gasteiger charge is 2.24. The van der Waals surface area contributed by atoms with Crippen molar-refractivity contribution < 1.29 is 9.59 Å². The minimum Gasteiger partial charge on any atom is -0.311 e. The van der Waals surface area contributed by atoms with E-state index in [0.717, 1.165) is 16.6 Å². The third kappa shape index (κ3) is 3.28. The predicted octanol–water partition coefficient (Wildman–Crippen LogP) is 4.98. The molecule has 1 N–H and O–H groups in total. The Balaban J connectivity index is 1.60. The molecule has 0 bridgehead atoms. The molecular weight excluding hydrogens is 393 g/mol. The highest BCUT2D eigenvalue weighted by atomic mass is 35.5. The van der Waals surface area contributed by atoms with Crippen LogP contribution in [-0.4, -0.2) is 23.3 Å². The summed E-state index contributed by atoms with van der Waals surface area (Å²) >= 11 is 13.6. The molecule has 1 aliphatic rings. The van der Waals surface area contributed by atoms with Crippen molar-refractivity contribution in [2.45, 2.75) is 12.8 Å². The zero-order valence-electron chi connectivity index (χ0n) is 13.5. The molecule has 4 rings (SSSR count). The zero-order valence-corrected chi connectivity index (χ0v) is 15.8. The van der Waals surface area contributed by atoms with Gasteiger partial charge in [0.25, 0.3) is 5.91 Å². The number of carbonyl (C=O) groups excluding carboxylic acids is 2. The molecule has 2 aromatic carbocycles. The lowest BCUT2D eigenvalue weighted by atomic mass is 10.1. The molecule has 132 valence electrons. The van der Waals surface area contributed by atoms with Crippen molar-refractivity contribution in [3.05, 3.63) is 52.0 Å². The third-order valence-corrected chi connectivity index (χ3v) is 5.63. The van der Waals surface area contributed by atoms with Gasteiger partial charge in [-0.25, -0.2) is 4.98 Å². The summed E-state index contributed by atoms with van der Waals surface area (Å²) in [4.78, 5) is 30.6. The molecule has 1 aliphatic heterocycles. The maximum absolute atomic E-state index is 12.6. The van der Waals surface area contributed by atoms with Crippen molar-refractivity contribution in [3.8, 4) is 0 Å². The number of thiazole rings is 1. The van der Waals surface area contributed by atoms with Crippen LogP contribution in [0.4, 0.5) is 10.8 Å². The fourth-order valence-corrected chi connectivity index (χ4v) is 4.24. The quantitative estimate of drug-likeness (QED) is 0.667. The van der Waals surface area contributed by atoms with Crippen LogP contribution < -0.4 is 10.2 Å². The van der Waals surface area contributed by atoms with E-state index in [1.54, 1.807) is 29.2 Å². The Hall–Kier alpha value is -2.15. The molecule has 2 amide bonds. The van der Waals surface area contributed by atoms with Gasteiger partial charge in [0.05, 0.1) is 20.9 Å². The minimum absolute atomic E-state index is 0.0208. The second-order valence-electron chi connectivity index (χ2n) is 5.90. The van der Waals surface area contributed by atoms with Crippen LogP contribution in [-0.2, 0) is 4.79 Å². The molecule has 0 unspecified atom stereocenters. The lowest BCUT2D eigenvalue weighted by molar-refractivity contribution is -0.117. The number of amides is 2. The topological polar surface area (TPSA) is 62.3 Å². The third-order valence-electron chi connectivity index (χ3n) is 4.14. The first-order chi connectivity index (χ1) is 12.5. The number of rotatable bonds is 3. The number of fused-ring (bicyclic) bond motifs is 1. The molecule has 3 aromatic rings. The first-order valence-corrected chi connectivity index (χ1v) is 9.56. The summed E-state index contributed by atoms with van der Waals surface area (Å²) in [7, 11) is 0. The molecule has 5 nitrogen and oxygen atoms in total. The van der Waals surface area contributed by atoms with Gasteiger partial charge in [-0.2, -0.15) is 0 Å². The van der Waals surface area contributed by atoms with Crippen LogP contribution in [0.3, 0.4) is 0 Å². The average Bonchev–Trinajstić information content (AvgIpc) is 3.20. The van der Waals surface area contributed by atoms with Crippen molar-refractivity contribution in [3.63, 3.8) is 0 Å². The van der Waals surface area contributed by atoms with E-state index in [4.69, 9.17) is 23.2 Å². The summed E-state index contributed by atoms with van der Waals surface area (Å²) in [6.07, 6.45) is 1.29. The van der Waals surface area contributed by atoms with Gasteiger partial charge in [0.2, 0.25) is 5.91 Å². The van der Waals surface area contributed by atoms with Crippen molar-refractivity contribution in [1.82, 2.24) is 4.98 Å². The maximum Gasteiger partial charge on any atom is 0.257 e. The lowest BCUT2D eigenvalue weighted by Crippen LogP contribution is -2.24. The Morgan fingerprint density at radius 3 is 2.81 bits per heavy atom. The smallest absolute Gasteiger partial charge is 0.257 e. The monoisotopic (exact) mass is 405 g/mol. The lowest BCUT2D eigenvalue weighted by Gasteiger charge is -2.18. The molecule has 26 heavy (non-hydrogen) atoms. The number of nitrogens with one attached hydrogen (secondary N) is 1. The Bertz CT molecular complexity index is 1030. The summed E-state index contributed by atoms with van der Waals surface area (Å²) in [6, 6.07) is 10.3. The average molecular weight is 406 g/mol. The van der Waals surface area contributed by atoms with E-state index in [9.17, 15) is 9.59 Å². The van der Waals surface area contributed by atoms with Gasteiger partial charge in [-0.15, -0.1) is 0 Å². The molecule has 0 radical (unpaired) electrons. The van der Waals surface area contributed by atoms with Gasteiger partial charge in [0.1, 0.15) is 0 Å². The van der Waals surface area contributed by atoms with Gasteiger partial charge in [0.15, 0.2) is 5.13 Å². The van der Waals surface area contributed by atoms with E-state index in [2.05, 4.69) is 10.3 Å². The molecule has 0 aliphatic carbocycles. The Kier molecular flexibility index (Phi) is 4.56. The van der Waals surface area contributed by atoms with Crippen molar-refractivity contribution >= 4 is 67.4 Å². The van der Waals surface area contributed by atoms with Gasteiger partial charge in [-0.05, 0) is 42.8 Å². The van der Waals surface area contributed by atoms with Gasteiger partial charge < -0.3 is 4.90 Å². The zero-order chi connectivity index (χ0) is 18.3. The number of carbonyl (C=O) groups is 2. The van der Waals surface area contributed by atoms with Gasteiger partial charge in [-0.1, -0.05) is 34.5 Å². The van der Waals surface area contributed by atoms with Crippen molar-refractivity contribution in [2.75, 3.05) is 16.8 Å². The fourth-order valence-electron chi connectivity index (χ4n) is 2.88.